The topological polar surface area (TPSA) is 65.1 Å². The number of hydrogen-bond donors (Lipinski definition) is 0. The Kier molecular flexibility index (Phi) is 6.58. The van der Waals surface area contributed by atoms with Gasteiger partial charge in [-0.25, -0.2) is 9.78 Å². The lowest BCUT2D eigenvalue weighted by molar-refractivity contribution is 0.266. The van der Waals surface area contributed by atoms with Gasteiger partial charge >= 0.3 is 5.69 Å². The number of fused-ring (bicyclic) bond motifs is 1. The van der Waals surface area contributed by atoms with Gasteiger partial charge in [0.15, 0.2) is 11.2 Å². The van der Waals surface area contributed by atoms with E-state index in [9.17, 15) is 9.59 Å². The molecular weight excluding hydrogens is 318 g/mol. The Balaban J connectivity index is 2.34. The molecule has 0 spiro atoms. The summed E-state index contributed by atoms with van der Waals surface area (Å²) >= 11 is 0. The van der Waals surface area contributed by atoms with E-state index in [2.05, 4.69) is 23.7 Å². The van der Waals surface area contributed by atoms with Crippen molar-refractivity contribution in [3.63, 3.8) is 0 Å². The van der Waals surface area contributed by atoms with Gasteiger partial charge in [0, 0.05) is 27.1 Å². The smallest absolute Gasteiger partial charge is 0.322 e. The van der Waals surface area contributed by atoms with Gasteiger partial charge in [-0.3, -0.25) is 13.9 Å². The lowest BCUT2D eigenvalue weighted by atomic mass is 10.3. The molecule has 2 rings (SSSR count). The van der Waals surface area contributed by atoms with Crippen molar-refractivity contribution in [1.29, 1.82) is 0 Å². The number of aromatic nitrogens is 4. The predicted molar refractivity (Wildman–Crippen MR) is 101 cm³/mol. The van der Waals surface area contributed by atoms with Gasteiger partial charge < -0.3 is 9.47 Å². The molecule has 0 atom stereocenters. The van der Waals surface area contributed by atoms with Gasteiger partial charge in [0.05, 0.1) is 0 Å². The van der Waals surface area contributed by atoms with Gasteiger partial charge in [-0.1, -0.05) is 20.8 Å². The molecule has 0 N–H and O–H groups in total. The molecule has 2 heterocycles. The lowest BCUT2D eigenvalue weighted by Crippen LogP contribution is -2.37. The van der Waals surface area contributed by atoms with E-state index in [0.717, 1.165) is 57.7 Å². The summed E-state index contributed by atoms with van der Waals surface area (Å²) in [5.74, 6) is 0.867. The maximum Gasteiger partial charge on any atom is 0.332 e. The molecule has 25 heavy (non-hydrogen) atoms. The van der Waals surface area contributed by atoms with E-state index in [1.165, 1.54) is 16.2 Å². The minimum Gasteiger partial charge on any atom is -0.322 e. The van der Waals surface area contributed by atoms with Crippen molar-refractivity contribution in [3.05, 3.63) is 26.7 Å². The molecular formula is C18H31N5O2. The lowest BCUT2D eigenvalue weighted by Gasteiger charge is -2.21. The van der Waals surface area contributed by atoms with Crippen LogP contribution in [-0.2, 0) is 27.1 Å². The van der Waals surface area contributed by atoms with Gasteiger partial charge in [0.25, 0.3) is 5.56 Å². The second kappa shape index (κ2) is 8.47. The molecule has 0 aromatic carbocycles. The average molecular weight is 349 g/mol. The van der Waals surface area contributed by atoms with Crippen molar-refractivity contribution in [1.82, 2.24) is 23.6 Å². The molecule has 0 aliphatic carbocycles. The molecule has 2 aromatic heterocycles. The SMILES string of the molecule is CCCN(CCC)CCCn1c(CC)nc2c1c(=O)n(C)c(=O)n2C. The fraction of sp³-hybridized carbons (Fsp3) is 0.722. The number of imidazole rings is 1. The second-order valence-electron chi connectivity index (χ2n) is 6.61. The van der Waals surface area contributed by atoms with Crippen LogP contribution in [0.2, 0.25) is 0 Å². The standard InChI is InChI=1S/C18H31N5O2/c1-6-10-22(11-7-2)12-9-13-23-14(8-3)19-16-15(23)17(24)21(5)18(25)20(16)4/h6-13H2,1-5H3. The molecule has 7 heteroatoms. The van der Waals surface area contributed by atoms with Crippen LogP contribution in [0.5, 0.6) is 0 Å². The van der Waals surface area contributed by atoms with Crippen LogP contribution < -0.4 is 11.2 Å². The van der Waals surface area contributed by atoms with Crippen LogP contribution in [0.15, 0.2) is 9.59 Å². The summed E-state index contributed by atoms with van der Waals surface area (Å²) in [6, 6.07) is 0. The minimum atomic E-state index is -0.332. The summed E-state index contributed by atoms with van der Waals surface area (Å²) in [6.45, 7) is 10.4. The van der Waals surface area contributed by atoms with Crippen molar-refractivity contribution >= 4 is 11.2 Å². The molecule has 0 saturated heterocycles. The van der Waals surface area contributed by atoms with Crippen LogP contribution in [-0.4, -0.2) is 43.2 Å². The van der Waals surface area contributed by atoms with E-state index < -0.39 is 0 Å². The first-order valence-electron chi connectivity index (χ1n) is 9.33. The van der Waals surface area contributed by atoms with E-state index >= 15 is 0 Å². The summed E-state index contributed by atoms with van der Waals surface area (Å²) in [4.78, 5) is 31.8. The summed E-state index contributed by atoms with van der Waals surface area (Å²) in [5.41, 5.74) is 0.439. The van der Waals surface area contributed by atoms with Crippen LogP contribution in [0, 0.1) is 0 Å². The molecule has 0 aliphatic rings. The Morgan fingerprint density at radius 1 is 0.960 bits per heavy atom. The van der Waals surface area contributed by atoms with Gasteiger partial charge in [0.1, 0.15) is 5.82 Å². The normalized spacial score (nSPS) is 11.8. The Labute approximate surface area is 148 Å². The van der Waals surface area contributed by atoms with Crippen molar-refractivity contribution in [2.24, 2.45) is 14.1 Å². The summed E-state index contributed by atoms with van der Waals surface area (Å²) < 4.78 is 4.64. The van der Waals surface area contributed by atoms with E-state index in [4.69, 9.17) is 0 Å². The van der Waals surface area contributed by atoms with Gasteiger partial charge in [0.2, 0.25) is 0 Å². The number of nitrogens with zero attached hydrogens (tertiary/aromatic N) is 5. The van der Waals surface area contributed by atoms with Crippen molar-refractivity contribution < 1.29 is 0 Å². The van der Waals surface area contributed by atoms with Gasteiger partial charge in [-0.05, 0) is 38.9 Å². The van der Waals surface area contributed by atoms with Crippen LogP contribution in [0.3, 0.4) is 0 Å². The summed E-state index contributed by atoms with van der Waals surface area (Å²) in [6.07, 6.45) is 4.00. The first-order chi connectivity index (χ1) is 12.0. The van der Waals surface area contributed by atoms with E-state index in [1.54, 1.807) is 7.05 Å². The fourth-order valence-electron chi connectivity index (χ4n) is 3.42. The molecule has 0 amide bonds. The highest BCUT2D eigenvalue weighted by molar-refractivity contribution is 5.71. The highest BCUT2D eigenvalue weighted by atomic mass is 16.2. The fourth-order valence-corrected chi connectivity index (χ4v) is 3.42. The van der Waals surface area contributed by atoms with Crippen LogP contribution in [0.25, 0.3) is 11.2 Å². The number of hydrogen-bond acceptors (Lipinski definition) is 4. The van der Waals surface area contributed by atoms with Gasteiger partial charge in [-0.15, -0.1) is 0 Å². The maximum absolute atomic E-state index is 12.6. The Hall–Kier alpha value is -1.89. The Bertz CT molecular complexity index is 825. The van der Waals surface area contributed by atoms with Crippen LogP contribution >= 0.6 is 0 Å². The van der Waals surface area contributed by atoms with E-state index in [0.29, 0.717) is 11.2 Å². The molecule has 0 bridgehead atoms. The van der Waals surface area contributed by atoms with Crippen molar-refractivity contribution in [3.8, 4) is 0 Å². The van der Waals surface area contributed by atoms with E-state index in [-0.39, 0.29) is 11.2 Å². The molecule has 0 unspecified atom stereocenters. The molecule has 0 radical (unpaired) electrons. The molecule has 0 saturated carbocycles. The van der Waals surface area contributed by atoms with Crippen LogP contribution in [0.4, 0.5) is 0 Å². The van der Waals surface area contributed by atoms with Crippen molar-refractivity contribution in [2.75, 3.05) is 19.6 Å². The summed E-state index contributed by atoms with van der Waals surface area (Å²) in [5, 5.41) is 0. The third-order valence-corrected chi connectivity index (χ3v) is 4.68. The number of aryl methyl sites for hydroxylation is 3. The van der Waals surface area contributed by atoms with E-state index in [1.807, 2.05) is 11.5 Å². The molecule has 2 aromatic rings. The molecule has 0 fully saturated rings. The minimum absolute atomic E-state index is 0.260. The first-order valence-corrected chi connectivity index (χ1v) is 9.33. The zero-order valence-electron chi connectivity index (χ0n) is 16.2. The first kappa shape index (κ1) is 19.4. The average Bonchev–Trinajstić information content (AvgIpc) is 2.97. The highest BCUT2D eigenvalue weighted by Gasteiger charge is 2.18. The molecule has 0 aliphatic heterocycles. The predicted octanol–water partition coefficient (Wildman–Crippen LogP) is 1.51. The van der Waals surface area contributed by atoms with Crippen molar-refractivity contribution in [2.45, 2.75) is 53.0 Å². The van der Waals surface area contributed by atoms with Crippen LogP contribution in [0.1, 0.15) is 45.9 Å². The third kappa shape index (κ3) is 3.86. The zero-order chi connectivity index (χ0) is 18.6. The highest BCUT2D eigenvalue weighted by Crippen LogP contribution is 2.13. The Morgan fingerprint density at radius 2 is 1.60 bits per heavy atom. The summed E-state index contributed by atoms with van der Waals surface area (Å²) in [7, 11) is 3.20. The molecule has 140 valence electrons. The largest absolute Gasteiger partial charge is 0.332 e. The monoisotopic (exact) mass is 349 g/mol. The molecule has 7 nitrogen and oxygen atoms in total. The third-order valence-electron chi connectivity index (χ3n) is 4.68. The second-order valence-corrected chi connectivity index (χ2v) is 6.61. The number of rotatable bonds is 9. The quantitative estimate of drug-likeness (QED) is 0.688. The van der Waals surface area contributed by atoms with Gasteiger partial charge in [-0.2, -0.15) is 0 Å². The zero-order valence-corrected chi connectivity index (χ0v) is 16.2. The Morgan fingerprint density at radius 3 is 2.16 bits per heavy atom. The maximum atomic E-state index is 12.6.